The second-order valence-corrected chi connectivity index (χ2v) is 7.14. The number of ether oxygens (including phenoxy) is 2. The molecule has 4 nitrogen and oxygen atoms in total. The van der Waals surface area contributed by atoms with Crippen LogP contribution in [0.3, 0.4) is 0 Å². The highest BCUT2D eigenvalue weighted by Crippen LogP contribution is 2.48. The second-order valence-electron chi connectivity index (χ2n) is 7.14. The molecule has 0 radical (unpaired) electrons. The number of methoxy groups -OCH3 is 1. The number of hydrogen-bond donors (Lipinski definition) is 0. The number of halogens is 2. The maximum absolute atomic E-state index is 13.9. The molecule has 3 aromatic carbocycles. The van der Waals surface area contributed by atoms with Crippen molar-refractivity contribution < 1.29 is 23.0 Å². The van der Waals surface area contributed by atoms with Gasteiger partial charge in [-0.05, 0) is 35.4 Å². The van der Waals surface area contributed by atoms with E-state index in [-0.39, 0.29) is 6.61 Å². The molecule has 2 atom stereocenters. The summed E-state index contributed by atoms with van der Waals surface area (Å²) in [6.45, 7) is -0.0403. The Morgan fingerprint density at radius 3 is 2.10 bits per heavy atom. The standard InChI is InChI=1S/C25H21F2NO3/c1-30-20-14-12-19(13-15-20)28-22(18-10-6-3-7-11-18)21(25(28)29)23(24(26)27)31-16-17-8-4-2-5-9-17/h2-15,21-22H,16H2,1H3/t21-,22+/m0/s1. The fraction of sp³-hybridized carbons (Fsp3) is 0.160. The van der Waals surface area contributed by atoms with E-state index in [4.69, 9.17) is 9.47 Å². The Hall–Kier alpha value is -3.67. The van der Waals surface area contributed by atoms with Gasteiger partial charge in [0.15, 0.2) is 5.76 Å². The summed E-state index contributed by atoms with van der Waals surface area (Å²) < 4.78 is 38.5. The minimum absolute atomic E-state index is 0.0403. The molecule has 158 valence electrons. The zero-order valence-electron chi connectivity index (χ0n) is 16.9. The van der Waals surface area contributed by atoms with Crippen molar-refractivity contribution in [3.8, 4) is 5.75 Å². The van der Waals surface area contributed by atoms with Crippen molar-refractivity contribution in [2.24, 2.45) is 5.92 Å². The topological polar surface area (TPSA) is 38.8 Å². The maximum atomic E-state index is 13.9. The highest BCUT2D eigenvalue weighted by Gasteiger charge is 2.53. The van der Waals surface area contributed by atoms with Gasteiger partial charge in [-0.2, -0.15) is 8.78 Å². The number of anilines is 1. The number of hydrogen-bond acceptors (Lipinski definition) is 3. The van der Waals surface area contributed by atoms with Crippen molar-refractivity contribution in [2.45, 2.75) is 12.6 Å². The minimum atomic E-state index is -1.98. The van der Waals surface area contributed by atoms with Crippen LogP contribution in [0.15, 0.2) is 96.8 Å². The van der Waals surface area contributed by atoms with Gasteiger partial charge in [0.25, 0.3) is 0 Å². The molecule has 0 bridgehead atoms. The van der Waals surface area contributed by atoms with E-state index in [9.17, 15) is 13.6 Å². The van der Waals surface area contributed by atoms with Crippen LogP contribution in [0.5, 0.6) is 5.75 Å². The van der Waals surface area contributed by atoms with E-state index in [1.807, 2.05) is 36.4 Å². The minimum Gasteiger partial charge on any atom is -0.497 e. The Balaban J connectivity index is 1.66. The van der Waals surface area contributed by atoms with Gasteiger partial charge < -0.3 is 14.4 Å². The van der Waals surface area contributed by atoms with Gasteiger partial charge in [0, 0.05) is 5.69 Å². The fourth-order valence-electron chi connectivity index (χ4n) is 3.76. The first-order chi connectivity index (χ1) is 15.1. The van der Waals surface area contributed by atoms with E-state index in [1.165, 1.54) is 4.90 Å². The van der Waals surface area contributed by atoms with Crippen LogP contribution < -0.4 is 9.64 Å². The molecular formula is C25H21F2NO3. The average molecular weight is 421 g/mol. The number of β-lactam (4-membered cyclic amide) rings is 1. The smallest absolute Gasteiger partial charge is 0.308 e. The second kappa shape index (κ2) is 9.00. The predicted octanol–water partition coefficient (Wildman–Crippen LogP) is 5.72. The van der Waals surface area contributed by atoms with Crippen LogP contribution in [0, 0.1) is 5.92 Å². The molecule has 1 aliphatic rings. The van der Waals surface area contributed by atoms with Crippen LogP contribution in [0.4, 0.5) is 14.5 Å². The van der Waals surface area contributed by atoms with Gasteiger partial charge in [0.1, 0.15) is 18.3 Å². The van der Waals surface area contributed by atoms with Gasteiger partial charge in [0.05, 0.1) is 13.2 Å². The van der Waals surface area contributed by atoms with Gasteiger partial charge in [0.2, 0.25) is 5.91 Å². The molecule has 6 heteroatoms. The summed E-state index contributed by atoms with van der Waals surface area (Å²) in [5.74, 6) is -1.47. The van der Waals surface area contributed by atoms with E-state index in [0.29, 0.717) is 11.4 Å². The largest absolute Gasteiger partial charge is 0.497 e. The third kappa shape index (κ3) is 4.14. The van der Waals surface area contributed by atoms with Crippen LogP contribution in [-0.2, 0) is 16.1 Å². The van der Waals surface area contributed by atoms with Gasteiger partial charge in [-0.3, -0.25) is 4.79 Å². The highest BCUT2D eigenvalue weighted by molar-refractivity contribution is 6.04. The van der Waals surface area contributed by atoms with Crippen LogP contribution in [-0.4, -0.2) is 13.0 Å². The molecule has 1 aliphatic heterocycles. The third-order valence-corrected chi connectivity index (χ3v) is 5.29. The SMILES string of the molecule is COc1ccc(N2C(=O)[C@H](C(OCc3ccccc3)=C(F)F)[C@H]2c2ccccc2)cc1. The first kappa shape index (κ1) is 20.6. The number of rotatable bonds is 7. The van der Waals surface area contributed by atoms with E-state index in [2.05, 4.69) is 0 Å². The molecule has 1 heterocycles. The fourth-order valence-corrected chi connectivity index (χ4v) is 3.76. The molecule has 0 aromatic heterocycles. The molecule has 4 rings (SSSR count). The molecule has 0 aliphatic carbocycles. The lowest BCUT2D eigenvalue weighted by Crippen LogP contribution is -2.56. The normalized spacial score (nSPS) is 17.6. The zero-order valence-corrected chi connectivity index (χ0v) is 16.9. The molecule has 1 fully saturated rings. The lowest BCUT2D eigenvalue weighted by Gasteiger charge is -2.47. The van der Waals surface area contributed by atoms with Crippen molar-refractivity contribution in [3.63, 3.8) is 0 Å². The highest BCUT2D eigenvalue weighted by atomic mass is 19.3. The Kier molecular flexibility index (Phi) is 5.98. The molecule has 0 N–H and O–H groups in total. The molecule has 0 spiro atoms. The Labute approximate surface area is 179 Å². The summed E-state index contributed by atoms with van der Waals surface area (Å²) in [6.07, 6.45) is -1.98. The lowest BCUT2D eigenvalue weighted by molar-refractivity contribution is -0.131. The molecule has 0 unspecified atom stereocenters. The first-order valence-corrected chi connectivity index (χ1v) is 9.84. The number of benzene rings is 3. The van der Waals surface area contributed by atoms with Crippen molar-refractivity contribution >= 4 is 11.6 Å². The maximum Gasteiger partial charge on any atom is 0.308 e. The molecule has 31 heavy (non-hydrogen) atoms. The Morgan fingerprint density at radius 1 is 0.903 bits per heavy atom. The number of nitrogens with zero attached hydrogens (tertiary/aromatic N) is 1. The van der Waals surface area contributed by atoms with Crippen molar-refractivity contribution in [2.75, 3.05) is 12.0 Å². The number of amides is 1. The van der Waals surface area contributed by atoms with Gasteiger partial charge >= 0.3 is 6.08 Å². The van der Waals surface area contributed by atoms with Crippen molar-refractivity contribution in [1.29, 1.82) is 0 Å². The summed E-state index contributed by atoms with van der Waals surface area (Å²) in [5.41, 5.74) is 2.11. The molecule has 0 saturated carbocycles. The van der Waals surface area contributed by atoms with Gasteiger partial charge in [-0.25, -0.2) is 0 Å². The lowest BCUT2D eigenvalue weighted by atomic mass is 9.80. The van der Waals surface area contributed by atoms with E-state index in [1.54, 1.807) is 55.6 Å². The van der Waals surface area contributed by atoms with E-state index >= 15 is 0 Å². The van der Waals surface area contributed by atoms with Crippen LogP contribution in [0.2, 0.25) is 0 Å². The molecule has 3 aromatic rings. The van der Waals surface area contributed by atoms with Gasteiger partial charge in [-0.1, -0.05) is 60.7 Å². The number of carbonyl (C=O) groups excluding carboxylic acids is 1. The van der Waals surface area contributed by atoms with Crippen molar-refractivity contribution in [1.82, 2.24) is 0 Å². The monoisotopic (exact) mass is 421 g/mol. The Morgan fingerprint density at radius 2 is 1.52 bits per heavy atom. The zero-order chi connectivity index (χ0) is 21.8. The van der Waals surface area contributed by atoms with Crippen LogP contribution >= 0.6 is 0 Å². The predicted molar refractivity (Wildman–Crippen MR) is 114 cm³/mol. The first-order valence-electron chi connectivity index (χ1n) is 9.84. The summed E-state index contributed by atoms with van der Waals surface area (Å²) in [5, 5.41) is 0. The van der Waals surface area contributed by atoms with Crippen molar-refractivity contribution in [3.05, 3.63) is 108 Å². The third-order valence-electron chi connectivity index (χ3n) is 5.29. The summed E-state index contributed by atoms with van der Waals surface area (Å²) in [7, 11) is 1.55. The van der Waals surface area contributed by atoms with E-state index < -0.39 is 29.7 Å². The van der Waals surface area contributed by atoms with Crippen LogP contribution in [0.25, 0.3) is 0 Å². The molecular weight excluding hydrogens is 400 g/mol. The summed E-state index contributed by atoms with van der Waals surface area (Å²) >= 11 is 0. The number of carbonyl (C=O) groups is 1. The summed E-state index contributed by atoms with van der Waals surface area (Å²) in [4.78, 5) is 14.6. The van der Waals surface area contributed by atoms with Crippen LogP contribution in [0.1, 0.15) is 17.2 Å². The van der Waals surface area contributed by atoms with E-state index in [0.717, 1.165) is 11.1 Å². The molecule has 1 amide bonds. The Bertz CT molecular complexity index is 1060. The molecule has 1 saturated heterocycles. The quantitative estimate of drug-likeness (QED) is 0.362. The van der Waals surface area contributed by atoms with Gasteiger partial charge in [-0.15, -0.1) is 0 Å². The summed E-state index contributed by atoms with van der Waals surface area (Å²) in [6, 6.07) is 24.5. The average Bonchev–Trinajstić information content (AvgIpc) is 2.81.